The van der Waals surface area contributed by atoms with Crippen molar-refractivity contribution >= 4 is 17.5 Å². The second-order valence-corrected chi connectivity index (χ2v) is 4.82. The number of imidazole rings is 1. The third kappa shape index (κ3) is 3.50. The number of nitrogens with two attached hydrogens (primary N) is 1. The second kappa shape index (κ2) is 4.84. The molecule has 0 aliphatic heterocycles. The van der Waals surface area contributed by atoms with Gasteiger partial charge in [0.2, 0.25) is 5.91 Å². The van der Waals surface area contributed by atoms with Crippen LogP contribution in [-0.4, -0.2) is 21.0 Å². The van der Waals surface area contributed by atoms with Gasteiger partial charge in [-0.15, -0.1) is 0 Å². The second-order valence-electron chi connectivity index (χ2n) is 4.44. The first kappa shape index (κ1) is 13.0. The van der Waals surface area contributed by atoms with Crippen molar-refractivity contribution < 1.29 is 4.79 Å². The molecular weight excluding hydrogens is 228 g/mol. The molecule has 0 aromatic carbocycles. The van der Waals surface area contributed by atoms with Gasteiger partial charge in [0, 0.05) is 19.0 Å². The molecule has 6 heteroatoms. The number of carbonyl (C=O) groups excluding carboxylic acids is 1. The molecule has 1 heterocycles. The van der Waals surface area contributed by atoms with E-state index < -0.39 is 0 Å². The molecule has 1 aromatic heterocycles. The van der Waals surface area contributed by atoms with Crippen molar-refractivity contribution in [2.45, 2.75) is 32.4 Å². The Balaban J connectivity index is 2.57. The maximum atomic E-state index is 10.8. The predicted molar refractivity (Wildman–Crippen MR) is 62.9 cm³/mol. The molecule has 0 aliphatic carbocycles. The monoisotopic (exact) mass is 244 g/mol. The summed E-state index contributed by atoms with van der Waals surface area (Å²) in [5, 5.41) is 3.81. The number of halogens is 1. The van der Waals surface area contributed by atoms with Gasteiger partial charge >= 0.3 is 0 Å². The van der Waals surface area contributed by atoms with Crippen LogP contribution in [0.25, 0.3) is 0 Å². The molecule has 5 nitrogen and oxygen atoms in total. The van der Waals surface area contributed by atoms with Crippen molar-refractivity contribution in [1.29, 1.82) is 0 Å². The van der Waals surface area contributed by atoms with Gasteiger partial charge in [-0.05, 0) is 13.8 Å². The number of rotatable bonds is 5. The van der Waals surface area contributed by atoms with Gasteiger partial charge in [0.1, 0.15) is 11.0 Å². The van der Waals surface area contributed by atoms with Crippen molar-refractivity contribution in [3.8, 4) is 0 Å². The van der Waals surface area contributed by atoms with Crippen LogP contribution in [0.15, 0.2) is 6.20 Å². The quantitative estimate of drug-likeness (QED) is 0.805. The fraction of sp³-hybridized carbons (Fsp3) is 0.600. The van der Waals surface area contributed by atoms with Crippen molar-refractivity contribution in [3.05, 3.63) is 17.2 Å². The first-order valence-electron chi connectivity index (χ1n) is 5.01. The van der Waals surface area contributed by atoms with Gasteiger partial charge in [-0.2, -0.15) is 0 Å². The molecule has 0 atom stereocenters. The van der Waals surface area contributed by atoms with E-state index in [-0.39, 0.29) is 17.9 Å². The van der Waals surface area contributed by atoms with Gasteiger partial charge in [0.15, 0.2) is 0 Å². The summed E-state index contributed by atoms with van der Waals surface area (Å²) in [5.74, 6) is 0.498. The lowest BCUT2D eigenvalue weighted by atomic mass is 10.0. The SMILES string of the molecule is Cn1c(Cl)cnc1CNC(C)(C)CC(N)=O. The Labute approximate surface area is 100.0 Å². The highest BCUT2D eigenvalue weighted by molar-refractivity contribution is 6.29. The highest BCUT2D eigenvalue weighted by atomic mass is 35.5. The van der Waals surface area contributed by atoms with Gasteiger partial charge in [-0.3, -0.25) is 4.79 Å². The molecule has 16 heavy (non-hydrogen) atoms. The summed E-state index contributed by atoms with van der Waals surface area (Å²) >= 11 is 5.86. The Kier molecular flexibility index (Phi) is 3.93. The van der Waals surface area contributed by atoms with E-state index >= 15 is 0 Å². The van der Waals surface area contributed by atoms with Crippen LogP contribution in [-0.2, 0) is 18.4 Å². The maximum Gasteiger partial charge on any atom is 0.219 e. The van der Waals surface area contributed by atoms with Crippen molar-refractivity contribution in [1.82, 2.24) is 14.9 Å². The first-order chi connectivity index (χ1) is 7.32. The van der Waals surface area contributed by atoms with Crippen LogP contribution in [0.3, 0.4) is 0 Å². The average molecular weight is 245 g/mol. The number of hydrogen-bond donors (Lipinski definition) is 2. The van der Waals surface area contributed by atoms with E-state index in [0.29, 0.717) is 11.7 Å². The zero-order valence-electron chi connectivity index (χ0n) is 9.75. The predicted octanol–water partition coefficient (Wildman–Crippen LogP) is 0.817. The minimum atomic E-state index is -0.343. The standard InChI is InChI=1S/C10H17ClN4O/c1-10(2,4-8(12)16)14-6-9-13-5-7(11)15(9)3/h5,14H,4,6H2,1-3H3,(H2,12,16). The molecule has 1 amide bonds. The molecule has 0 unspecified atom stereocenters. The van der Waals surface area contributed by atoms with Crippen LogP contribution in [0.2, 0.25) is 5.15 Å². The average Bonchev–Trinajstić information content (AvgIpc) is 2.43. The Hall–Kier alpha value is -1.07. The number of nitrogens with zero attached hydrogens (tertiary/aromatic N) is 2. The maximum absolute atomic E-state index is 10.8. The summed E-state index contributed by atoms with van der Waals surface area (Å²) in [5.41, 5.74) is 4.82. The lowest BCUT2D eigenvalue weighted by molar-refractivity contribution is -0.119. The van der Waals surface area contributed by atoms with E-state index in [4.69, 9.17) is 17.3 Å². The van der Waals surface area contributed by atoms with E-state index in [9.17, 15) is 4.79 Å². The molecule has 0 aliphatic rings. The normalized spacial score (nSPS) is 11.8. The molecule has 0 spiro atoms. The van der Waals surface area contributed by atoms with Crippen LogP contribution < -0.4 is 11.1 Å². The summed E-state index contributed by atoms with van der Waals surface area (Å²) < 4.78 is 1.79. The molecule has 0 saturated carbocycles. The highest BCUT2D eigenvalue weighted by Gasteiger charge is 2.20. The van der Waals surface area contributed by atoms with E-state index in [0.717, 1.165) is 5.82 Å². The Morgan fingerprint density at radius 3 is 2.75 bits per heavy atom. The lowest BCUT2D eigenvalue weighted by Crippen LogP contribution is -2.42. The third-order valence-corrected chi connectivity index (χ3v) is 2.72. The van der Waals surface area contributed by atoms with Crippen molar-refractivity contribution in [2.24, 2.45) is 12.8 Å². The van der Waals surface area contributed by atoms with Crippen molar-refractivity contribution in [2.75, 3.05) is 0 Å². The molecule has 0 saturated heterocycles. The summed E-state index contributed by atoms with van der Waals surface area (Å²) in [6.45, 7) is 4.38. The number of aromatic nitrogens is 2. The molecule has 0 radical (unpaired) electrons. The Morgan fingerprint density at radius 2 is 2.31 bits per heavy atom. The van der Waals surface area contributed by atoms with Crippen LogP contribution >= 0.6 is 11.6 Å². The fourth-order valence-corrected chi connectivity index (χ4v) is 1.55. The van der Waals surface area contributed by atoms with Crippen LogP contribution in [0.1, 0.15) is 26.1 Å². The fourth-order valence-electron chi connectivity index (χ4n) is 1.40. The number of carbonyl (C=O) groups is 1. The lowest BCUT2D eigenvalue weighted by Gasteiger charge is -2.24. The first-order valence-corrected chi connectivity index (χ1v) is 5.39. The molecule has 1 rings (SSSR count). The molecular formula is C10H17ClN4O. The molecule has 3 N–H and O–H groups in total. The Bertz CT molecular complexity index is 386. The summed E-state index contributed by atoms with van der Waals surface area (Å²) in [7, 11) is 1.84. The van der Waals surface area contributed by atoms with Gasteiger partial charge in [0.25, 0.3) is 0 Å². The summed E-state index contributed by atoms with van der Waals surface area (Å²) in [6.07, 6.45) is 1.88. The van der Waals surface area contributed by atoms with E-state index in [1.165, 1.54) is 0 Å². The number of nitrogens with one attached hydrogen (secondary N) is 1. The van der Waals surface area contributed by atoms with E-state index in [1.54, 1.807) is 10.8 Å². The topological polar surface area (TPSA) is 72.9 Å². The summed E-state index contributed by atoms with van der Waals surface area (Å²) in [4.78, 5) is 15.0. The van der Waals surface area contributed by atoms with Gasteiger partial charge in [-0.25, -0.2) is 4.98 Å². The van der Waals surface area contributed by atoms with E-state index in [1.807, 2.05) is 20.9 Å². The highest BCUT2D eigenvalue weighted by Crippen LogP contribution is 2.12. The number of hydrogen-bond acceptors (Lipinski definition) is 3. The van der Waals surface area contributed by atoms with Gasteiger partial charge in [0.05, 0.1) is 12.7 Å². The minimum Gasteiger partial charge on any atom is -0.370 e. The number of amides is 1. The Morgan fingerprint density at radius 1 is 1.69 bits per heavy atom. The van der Waals surface area contributed by atoms with E-state index in [2.05, 4.69) is 10.3 Å². The molecule has 0 fully saturated rings. The molecule has 1 aromatic rings. The third-order valence-electron chi connectivity index (χ3n) is 2.37. The summed E-state index contributed by atoms with van der Waals surface area (Å²) in [6, 6.07) is 0. The zero-order chi connectivity index (χ0) is 12.3. The largest absolute Gasteiger partial charge is 0.370 e. The smallest absolute Gasteiger partial charge is 0.219 e. The van der Waals surface area contributed by atoms with Crippen LogP contribution in [0.5, 0.6) is 0 Å². The zero-order valence-corrected chi connectivity index (χ0v) is 10.5. The van der Waals surface area contributed by atoms with Crippen molar-refractivity contribution in [3.63, 3.8) is 0 Å². The van der Waals surface area contributed by atoms with Gasteiger partial charge in [-0.1, -0.05) is 11.6 Å². The van der Waals surface area contributed by atoms with Crippen LogP contribution in [0, 0.1) is 0 Å². The molecule has 90 valence electrons. The molecule has 0 bridgehead atoms. The number of primary amides is 1. The van der Waals surface area contributed by atoms with Crippen LogP contribution in [0.4, 0.5) is 0 Å². The minimum absolute atomic E-state index is 0.283. The van der Waals surface area contributed by atoms with Gasteiger partial charge < -0.3 is 15.6 Å².